The maximum atomic E-state index is 12.3. The summed E-state index contributed by atoms with van der Waals surface area (Å²) in [7, 11) is 1.53. The number of anilines is 1. The minimum atomic E-state index is -0.596. The molecule has 2 amide bonds. The first kappa shape index (κ1) is 22.9. The van der Waals surface area contributed by atoms with E-state index in [1.165, 1.54) is 23.9 Å². The first-order chi connectivity index (χ1) is 15.4. The number of halogens is 1. The first-order valence-corrected chi connectivity index (χ1v) is 10.2. The summed E-state index contributed by atoms with van der Waals surface area (Å²) in [6.07, 6.45) is 5.52. The summed E-state index contributed by atoms with van der Waals surface area (Å²) in [5.74, 6) is 0.0771. The summed E-state index contributed by atoms with van der Waals surface area (Å²) in [5, 5.41) is 7.28. The number of rotatable bonds is 9. The van der Waals surface area contributed by atoms with E-state index in [1.807, 2.05) is 6.92 Å². The minimum absolute atomic E-state index is 0.175. The van der Waals surface area contributed by atoms with Gasteiger partial charge < -0.3 is 20.5 Å². The molecular weight excluding hydrogens is 432 g/mol. The van der Waals surface area contributed by atoms with Crippen LogP contribution in [0.5, 0.6) is 11.5 Å². The summed E-state index contributed by atoms with van der Waals surface area (Å²) in [6.45, 7) is 2.53. The number of methoxy groups -OCH3 is 1. The predicted octanol–water partition coefficient (Wildman–Crippen LogP) is 4.07. The lowest BCUT2D eigenvalue weighted by molar-refractivity contribution is -0.111. The number of carbonyl (C=O) groups excluding carboxylic acids is 2. The Kier molecular flexibility index (Phi) is 7.51. The number of aromatic nitrogens is 2. The molecule has 166 valence electrons. The van der Waals surface area contributed by atoms with E-state index in [2.05, 4.69) is 10.4 Å². The topological polar surface area (TPSA) is 108 Å². The minimum Gasteiger partial charge on any atom is -0.493 e. The van der Waals surface area contributed by atoms with Gasteiger partial charge in [0, 0.05) is 18.0 Å². The molecule has 8 nitrogen and oxygen atoms in total. The number of nitrogens with one attached hydrogen (secondary N) is 1. The van der Waals surface area contributed by atoms with Crippen molar-refractivity contribution in [3.05, 3.63) is 71.0 Å². The van der Waals surface area contributed by atoms with Crippen LogP contribution in [0.1, 0.15) is 29.4 Å². The number of carbonyl (C=O) groups is 2. The molecule has 1 heterocycles. The van der Waals surface area contributed by atoms with Crippen molar-refractivity contribution in [1.29, 1.82) is 0 Å². The molecule has 0 spiro atoms. The molecule has 0 fully saturated rings. The van der Waals surface area contributed by atoms with Crippen LogP contribution in [0.15, 0.2) is 54.7 Å². The molecule has 3 rings (SSSR count). The third-order valence-electron chi connectivity index (χ3n) is 4.37. The lowest BCUT2D eigenvalue weighted by atomic mass is 10.2. The van der Waals surface area contributed by atoms with Gasteiger partial charge in [-0.2, -0.15) is 5.10 Å². The Morgan fingerprint density at radius 3 is 2.59 bits per heavy atom. The van der Waals surface area contributed by atoms with Gasteiger partial charge in [0.05, 0.1) is 24.4 Å². The average molecular weight is 455 g/mol. The molecule has 9 heteroatoms. The van der Waals surface area contributed by atoms with Gasteiger partial charge in [0.2, 0.25) is 5.91 Å². The zero-order chi connectivity index (χ0) is 23.1. The number of nitrogens with zero attached hydrogens (tertiary/aromatic N) is 2. The molecule has 32 heavy (non-hydrogen) atoms. The van der Waals surface area contributed by atoms with Crippen LogP contribution >= 0.6 is 11.6 Å². The molecule has 0 aliphatic rings. The number of amides is 2. The maximum Gasteiger partial charge on any atom is 0.269 e. The van der Waals surface area contributed by atoms with Crippen molar-refractivity contribution >= 4 is 35.2 Å². The quantitative estimate of drug-likeness (QED) is 0.473. The van der Waals surface area contributed by atoms with Gasteiger partial charge in [-0.25, -0.2) is 4.68 Å². The van der Waals surface area contributed by atoms with E-state index < -0.39 is 5.91 Å². The van der Waals surface area contributed by atoms with Crippen LogP contribution < -0.4 is 20.5 Å². The van der Waals surface area contributed by atoms with Crippen molar-refractivity contribution in [2.24, 2.45) is 5.73 Å². The molecule has 0 saturated heterocycles. The summed E-state index contributed by atoms with van der Waals surface area (Å²) in [6, 6.07) is 12.0. The van der Waals surface area contributed by atoms with Crippen molar-refractivity contribution in [3.63, 3.8) is 0 Å². The lowest BCUT2D eigenvalue weighted by Crippen LogP contribution is -2.12. The highest BCUT2D eigenvalue weighted by atomic mass is 35.5. The van der Waals surface area contributed by atoms with E-state index in [4.69, 9.17) is 26.8 Å². The first-order valence-electron chi connectivity index (χ1n) is 9.86. The number of nitrogens with two attached hydrogens (primary N) is 1. The number of hydrogen-bond donors (Lipinski definition) is 2. The fraction of sp³-hybridized carbons (Fsp3) is 0.174. The van der Waals surface area contributed by atoms with Crippen LogP contribution in [0.2, 0.25) is 5.02 Å². The average Bonchev–Trinajstić information content (AvgIpc) is 3.28. The van der Waals surface area contributed by atoms with Crippen LogP contribution in [0, 0.1) is 0 Å². The molecule has 0 radical (unpaired) electrons. The highest BCUT2D eigenvalue weighted by molar-refractivity contribution is 6.32. The van der Waals surface area contributed by atoms with Crippen LogP contribution in [0.25, 0.3) is 11.8 Å². The van der Waals surface area contributed by atoms with Crippen molar-refractivity contribution in [3.8, 4) is 17.2 Å². The van der Waals surface area contributed by atoms with Crippen molar-refractivity contribution in [1.82, 2.24) is 9.78 Å². The van der Waals surface area contributed by atoms with Crippen LogP contribution in [0.4, 0.5) is 5.69 Å². The molecule has 2 aromatic carbocycles. The number of primary amides is 1. The largest absolute Gasteiger partial charge is 0.493 e. The van der Waals surface area contributed by atoms with E-state index in [0.29, 0.717) is 34.4 Å². The van der Waals surface area contributed by atoms with E-state index in [-0.39, 0.29) is 11.6 Å². The monoisotopic (exact) mass is 454 g/mol. The standard InChI is InChI=1S/C23H23ClN4O4/c1-3-12-32-22-18(24)13-15(14-20(22)31-2)4-9-21(29)26-16-5-7-17(8-6-16)28-11-10-19(27-28)23(25)30/h4-11,13-14H,3,12H2,1-2H3,(H2,25,30)(H,26,29)/b9-4+. The molecule has 0 aliphatic heterocycles. The Hall–Kier alpha value is -3.78. The second-order valence-corrected chi connectivity index (χ2v) is 7.17. The summed E-state index contributed by atoms with van der Waals surface area (Å²) in [4.78, 5) is 23.5. The van der Waals surface area contributed by atoms with Gasteiger partial charge in [-0.05, 0) is 60.5 Å². The van der Waals surface area contributed by atoms with Gasteiger partial charge in [0.1, 0.15) is 5.69 Å². The predicted molar refractivity (Wildman–Crippen MR) is 124 cm³/mol. The molecule has 0 bridgehead atoms. The fourth-order valence-electron chi connectivity index (χ4n) is 2.83. The second kappa shape index (κ2) is 10.5. The Morgan fingerprint density at radius 2 is 1.97 bits per heavy atom. The molecule has 1 aromatic heterocycles. The van der Waals surface area contributed by atoms with Gasteiger partial charge >= 0.3 is 0 Å². The Bertz CT molecular complexity index is 1140. The molecule has 3 aromatic rings. The van der Waals surface area contributed by atoms with Crippen molar-refractivity contribution in [2.45, 2.75) is 13.3 Å². The van der Waals surface area contributed by atoms with Crippen LogP contribution in [0.3, 0.4) is 0 Å². The molecule has 0 atom stereocenters. The molecular formula is C23H23ClN4O4. The molecule has 0 unspecified atom stereocenters. The van der Waals surface area contributed by atoms with Gasteiger partial charge in [-0.15, -0.1) is 0 Å². The van der Waals surface area contributed by atoms with E-state index in [1.54, 1.807) is 48.7 Å². The summed E-state index contributed by atoms with van der Waals surface area (Å²) in [5.41, 5.74) is 7.41. The smallest absolute Gasteiger partial charge is 0.269 e. The zero-order valence-electron chi connectivity index (χ0n) is 17.7. The normalized spacial score (nSPS) is 10.8. The van der Waals surface area contributed by atoms with Gasteiger partial charge in [-0.1, -0.05) is 18.5 Å². The van der Waals surface area contributed by atoms with E-state index in [9.17, 15) is 9.59 Å². The number of hydrogen-bond acceptors (Lipinski definition) is 5. The molecule has 0 saturated carbocycles. The van der Waals surface area contributed by atoms with Gasteiger partial charge in [-0.3, -0.25) is 9.59 Å². The molecule has 3 N–H and O–H groups in total. The highest BCUT2D eigenvalue weighted by Gasteiger charge is 2.11. The number of ether oxygens (including phenoxy) is 2. The van der Waals surface area contributed by atoms with Gasteiger partial charge in [0.25, 0.3) is 5.91 Å². The van der Waals surface area contributed by atoms with Crippen LogP contribution in [-0.2, 0) is 4.79 Å². The highest BCUT2D eigenvalue weighted by Crippen LogP contribution is 2.36. The zero-order valence-corrected chi connectivity index (χ0v) is 18.4. The van der Waals surface area contributed by atoms with Gasteiger partial charge in [0.15, 0.2) is 11.5 Å². The lowest BCUT2D eigenvalue weighted by Gasteiger charge is -2.12. The maximum absolute atomic E-state index is 12.3. The van der Waals surface area contributed by atoms with Crippen LogP contribution in [-0.4, -0.2) is 35.3 Å². The molecule has 0 aliphatic carbocycles. The third-order valence-corrected chi connectivity index (χ3v) is 4.65. The summed E-state index contributed by atoms with van der Waals surface area (Å²) < 4.78 is 12.5. The summed E-state index contributed by atoms with van der Waals surface area (Å²) >= 11 is 6.31. The SMILES string of the molecule is CCCOc1c(Cl)cc(/C=C/C(=O)Nc2ccc(-n3ccc(C(N)=O)n3)cc2)cc1OC. The van der Waals surface area contributed by atoms with E-state index in [0.717, 1.165) is 12.1 Å². The Labute approximate surface area is 190 Å². The second-order valence-electron chi connectivity index (χ2n) is 6.76. The number of benzene rings is 2. The fourth-order valence-corrected chi connectivity index (χ4v) is 3.11. The van der Waals surface area contributed by atoms with E-state index >= 15 is 0 Å². The van der Waals surface area contributed by atoms with Crippen molar-refractivity contribution < 1.29 is 19.1 Å². The Morgan fingerprint density at radius 1 is 1.22 bits per heavy atom. The third kappa shape index (κ3) is 5.67. The Balaban J connectivity index is 1.66. The van der Waals surface area contributed by atoms with Crippen molar-refractivity contribution in [2.75, 3.05) is 19.0 Å².